The maximum Gasteiger partial charge on any atom is 0.326 e. The molecule has 0 bridgehead atoms. The lowest BCUT2D eigenvalue weighted by Crippen LogP contribution is -2.42. The predicted molar refractivity (Wildman–Crippen MR) is 93.3 cm³/mol. The van der Waals surface area contributed by atoms with Gasteiger partial charge in [-0.25, -0.2) is 4.79 Å². The monoisotopic (exact) mass is 341 g/mol. The van der Waals surface area contributed by atoms with Crippen molar-refractivity contribution in [1.29, 1.82) is 0 Å². The fourth-order valence-electron chi connectivity index (χ4n) is 3.56. The Bertz CT molecular complexity index is 723. The van der Waals surface area contributed by atoms with Crippen molar-refractivity contribution in [2.45, 2.75) is 50.5 Å². The molecule has 3 rings (SSSR count). The second-order valence-corrected chi connectivity index (χ2v) is 6.56. The van der Waals surface area contributed by atoms with Crippen LogP contribution in [0.25, 0.3) is 0 Å². The summed E-state index contributed by atoms with van der Waals surface area (Å²) < 4.78 is 5.20. The summed E-state index contributed by atoms with van der Waals surface area (Å²) in [5.41, 5.74) is 2.52. The molecular weight excluding hydrogens is 318 g/mol. The van der Waals surface area contributed by atoms with Crippen LogP contribution in [0.15, 0.2) is 47.1 Å². The predicted octanol–water partition coefficient (Wildman–Crippen LogP) is 3.29. The number of hydrogen-bond acceptors (Lipinski definition) is 3. The van der Waals surface area contributed by atoms with Crippen molar-refractivity contribution >= 4 is 11.9 Å². The van der Waals surface area contributed by atoms with E-state index in [1.807, 2.05) is 12.1 Å². The van der Waals surface area contributed by atoms with E-state index in [1.165, 1.54) is 11.1 Å². The highest BCUT2D eigenvalue weighted by Gasteiger charge is 2.28. The van der Waals surface area contributed by atoms with E-state index in [4.69, 9.17) is 4.42 Å². The van der Waals surface area contributed by atoms with Gasteiger partial charge in [0.25, 0.3) is 0 Å². The Morgan fingerprint density at radius 2 is 2.08 bits per heavy atom. The summed E-state index contributed by atoms with van der Waals surface area (Å²) in [6.45, 7) is 0. The Morgan fingerprint density at radius 1 is 1.24 bits per heavy atom. The van der Waals surface area contributed by atoms with Gasteiger partial charge in [0.2, 0.25) is 5.91 Å². The Kier molecular flexibility index (Phi) is 5.53. The topological polar surface area (TPSA) is 79.5 Å². The number of hydrogen-bond donors (Lipinski definition) is 2. The van der Waals surface area contributed by atoms with E-state index in [9.17, 15) is 14.7 Å². The molecule has 1 aromatic heterocycles. The van der Waals surface area contributed by atoms with Crippen molar-refractivity contribution in [1.82, 2.24) is 5.32 Å². The first kappa shape index (κ1) is 17.3. The van der Waals surface area contributed by atoms with Crippen molar-refractivity contribution in [3.8, 4) is 0 Å². The molecule has 0 aliphatic heterocycles. The minimum absolute atomic E-state index is 0.177. The van der Waals surface area contributed by atoms with Gasteiger partial charge in [0.1, 0.15) is 11.8 Å². The van der Waals surface area contributed by atoms with E-state index in [2.05, 4.69) is 17.4 Å². The molecule has 25 heavy (non-hydrogen) atoms. The SMILES string of the molecule is O=C(CCc1ccco1)NC(CC1CCCc2ccccc21)C(=O)O. The maximum atomic E-state index is 12.1. The number of aryl methyl sites for hydroxylation is 2. The molecule has 1 aliphatic rings. The van der Waals surface area contributed by atoms with Gasteiger partial charge in [-0.3, -0.25) is 4.79 Å². The summed E-state index contributed by atoms with van der Waals surface area (Å²) in [6, 6.07) is 10.9. The van der Waals surface area contributed by atoms with Crippen LogP contribution in [0.1, 0.15) is 48.5 Å². The van der Waals surface area contributed by atoms with Crippen LogP contribution in [0, 0.1) is 0 Å². The highest BCUT2D eigenvalue weighted by atomic mass is 16.4. The van der Waals surface area contributed by atoms with Gasteiger partial charge in [-0.05, 0) is 54.9 Å². The molecule has 0 radical (unpaired) electrons. The van der Waals surface area contributed by atoms with Gasteiger partial charge in [-0.15, -0.1) is 0 Å². The van der Waals surface area contributed by atoms with Gasteiger partial charge in [-0.2, -0.15) is 0 Å². The molecule has 1 aliphatic carbocycles. The zero-order valence-electron chi connectivity index (χ0n) is 14.1. The van der Waals surface area contributed by atoms with Gasteiger partial charge >= 0.3 is 5.97 Å². The molecule has 0 spiro atoms. The quantitative estimate of drug-likeness (QED) is 0.810. The molecule has 5 nitrogen and oxygen atoms in total. The summed E-state index contributed by atoms with van der Waals surface area (Å²) in [5.74, 6) is -0.332. The average molecular weight is 341 g/mol. The number of amides is 1. The third-order valence-electron chi connectivity index (χ3n) is 4.83. The summed E-state index contributed by atoms with van der Waals surface area (Å²) >= 11 is 0. The fourth-order valence-corrected chi connectivity index (χ4v) is 3.56. The Labute approximate surface area is 147 Å². The Hall–Kier alpha value is -2.56. The minimum Gasteiger partial charge on any atom is -0.480 e. The molecule has 1 heterocycles. The fraction of sp³-hybridized carbons (Fsp3) is 0.400. The second-order valence-electron chi connectivity index (χ2n) is 6.56. The zero-order chi connectivity index (χ0) is 17.6. The van der Waals surface area contributed by atoms with E-state index in [1.54, 1.807) is 18.4 Å². The number of carbonyl (C=O) groups excluding carboxylic acids is 1. The molecule has 2 unspecified atom stereocenters. The van der Waals surface area contributed by atoms with Crippen LogP contribution < -0.4 is 5.32 Å². The summed E-state index contributed by atoms with van der Waals surface area (Å²) in [6.07, 6.45) is 5.74. The van der Waals surface area contributed by atoms with Crippen molar-refractivity contribution < 1.29 is 19.1 Å². The number of furan rings is 1. The summed E-state index contributed by atoms with van der Waals surface area (Å²) in [7, 11) is 0. The lowest BCUT2D eigenvalue weighted by Gasteiger charge is -2.28. The van der Waals surface area contributed by atoms with Crippen LogP contribution in [-0.2, 0) is 22.4 Å². The van der Waals surface area contributed by atoms with Crippen molar-refractivity contribution in [3.05, 3.63) is 59.5 Å². The molecule has 5 heteroatoms. The maximum absolute atomic E-state index is 12.1. The van der Waals surface area contributed by atoms with Gasteiger partial charge in [0.05, 0.1) is 6.26 Å². The normalized spacial score (nSPS) is 17.5. The number of carboxylic acid groups (broad SMARTS) is 1. The first-order chi connectivity index (χ1) is 12.1. The molecule has 1 amide bonds. The molecule has 0 fully saturated rings. The molecule has 0 saturated carbocycles. The standard InChI is InChI=1S/C20H23NO4/c22-19(11-10-16-8-4-12-25-16)21-18(20(23)24)13-15-7-3-6-14-5-1-2-9-17(14)15/h1-2,4-5,8-9,12,15,18H,3,6-7,10-11,13H2,(H,21,22)(H,23,24). The number of carboxylic acids is 1. The molecule has 132 valence electrons. The second kappa shape index (κ2) is 8.01. The number of fused-ring (bicyclic) bond motifs is 1. The Balaban J connectivity index is 1.60. The van der Waals surface area contributed by atoms with Crippen molar-refractivity contribution in [3.63, 3.8) is 0 Å². The third kappa shape index (κ3) is 4.50. The first-order valence-electron chi connectivity index (χ1n) is 8.76. The molecule has 2 N–H and O–H groups in total. The van der Waals surface area contributed by atoms with E-state index in [0.717, 1.165) is 25.0 Å². The van der Waals surface area contributed by atoms with Gasteiger partial charge in [0, 0.05) is 12.8 Å². The molecular formula is C20H23NO4. The van der Waals surface area contributed by atoms with Crippen molar-refractivity contribution in [2.75, 3.05) is 0 Å². The van der Waals surface area contributed by atoms with Crippen LogP contribution in [0.3, 0.4) is 0 Å². The molecule has 2 aromatic rings. The number of nitrogens with one attached hydrogen (secondary N) is 1. The largest absolute Gasteiger partial charge is 0.480 e. The molecule has 2 atom stereocenters. The van der Waals surface area contributed by atoms with Crippen LogP contribution in [0.4, 0.5) is 0 Å². The lowest BCUT2D eigenvalue weighted by molar-refractivity contribution is -0.142. The summed E-state index contributed by atoms with van der Waals surface area (Å²) in [4.78, 5) is 23.7. The zero-order valence-corrected chi connectivity index (χ0v) is 14.1. The van der Waals surface area contributed by atoms with Crippen LogP contribution >= 0.6 is 0 Å². The van der Waals surface area contributed by atoms with E-state index < -0.39 is 12.0 Å². The summed E-state index contributed by atoms with van der Waals surface area (Å²) in [5, 5.41) is 12.2. The van der Waals surface area contributed by atoms with E-state index in [-0.39, 0.29) is 18.2 Å². The number of rotatable bonds is 7. The van der Waals surface area contributed by atoms with Gasteiger partial charge < -0.3 is 14.8 Å². The smallest absolute Gasteiger partial charge is 0.326 e. The van der Waals surface area contributed by atoms with Crippen LogP contribution in [0.5, 0.6) is 0 Å². The third-order valence-corrected chi connectivity index (χ3v) is 4.83. The highest BCUT2D eigenvalue weighted by Crippen LogP contribution is 2.34. The Morgan fingerprint density at radius 3 is 2.84 bits per heavy atom. The lowest BCUT2D eigenvalue weighted by atomic mass is 9.79. The van der Waals surface area contributed by atoms with Gasteiger partial charge in [0.15, 0.2) is 0 Å². The van der Waals surface area contributed by atoms with Gasteiger partial charge in [-0.1, -0.05) is 24.3 Å². The van der Waals surface area contributed by atoms with Crippen LogP contribution in [0.2, 0.25) is 0 Å². The number of carbonyl (C=O) groups is 2. The van der Waals surface area contributed by atoms with Crippen molar-refractivity contribution in [2.24, 2.45) is 0 Å². The van der Waals surface area contributed by atoms with E-state index in [0.29, 0.717) is 12.8 Å². The van der Waals surface area contributed by atoms with Crippen LogP contribution in [-0.4, -0.2) is 23.0 Å². The molecule has 1 aromatic carbocycles. The minimum atomic E-state index is -0.977. The number of aliphatic carboxylic acids is 1. The number of benzene rings is 1. The first-order valence-corrected chi connectivity index (χ1v) is 8.76. The highest BCUT2D eigenvalue weighted by molar-refractivity contribution is 5.83. The molecule has 0 saturated heterocycles. The van der Waals surface area contributed by atoms with E-state index >= 15 is 0 Å². The average Bonchev–Trinajstić information content (AvgIpc) is 3.13.